The van der Waals surface area contributed by atoms with Crippen LogP contribution in [0.5, 0.6) is 0 Å². The predicted molar refractivity (Wildman–Crippen MR) is 92.7 cm³/mol. The highest BCUT2D eigenvalue weighted by Gasteiger charge is 2.26. The molecule has 0 unspecified atom stereocenters. The van der Waals surface area contributed by atoms with Gasteiger partial charge in [0.05, 0.1) is 11.6 Å². The summed E-state index contributed by atoms with van der Waals surface area (Å²) in [4.78, 5) is 35.8. The smallest absolute Gasteiger partial charge is 0.395 e. The Labute approximate surface area is 154 Å². The molecule has 142 valence electrons. The number of likely N-dealkylation sites (tertiary alicyclic amines) is 1. The summed E-state index contributed by atoms with van der Waals surface area (Å²) in [6, 6.07) is 8.26. The lowest BCUT2D eigenvalue weighted by Crippen LogP contribution is -2.41. The largest absolute Gasteiger partial charge is 0.433 e. The molecule has 8 nitrogen and oxygen atoms in total. The molecule has 1 aromatic carbocycles. The SMILES string of the molecule is O=C(NCC1CCN(C(=O)c2ccccc2F)CC1)c1ccc([N+](=O)[O-])o1. The molecule has 1 N–H and O–H groups in total. The van der Waals surface area contributed by atoms with Crippen LogP contribution in [0.2, 0.25) is 0 Å². The Bertz CT molecular complexity index is 858. The molecule has 0 spiro atoms. The predicted octanol–water partition coefficient (Wildman–Crippen LogP) is 2.61. The highest BCUT2D eigenvalue weighted by atomic mass is 19.1. The van der Waals surface area contributed by atoms with Crippen LogP contribution in [0.1, 0.15) is 33.8 Å². The minimum Gasteiger partial charge on any atom is -0.395 e. The quantitative estimate of drug-likeness (QED) is 0.639. The van der Waals surface area contributed by atoms with Gasteiger partial charge in [-0.25, -0.2) is 4.39 Å². The third-order valence-electron chi connectivity index (χ3n) is 4.55. The van der Waals surface area contributed by atoms with Gasteiger partial charge in [-0.2, -0.15) is 0 Å². The number of benzene rings is 1. The standard InChI is InChI=1S/C18H18FN3O5/c19-14-4-2-1-3-13(14)18(24)21-9-7-12(8-10-21)11-20-17(23)15-5-6-16(27-15)22(25)26/h1-6,12H,7-11H2,(H,20,23). The van der Waals surface area contributed by atoms with Crippen LogP contribution in [0.25, 0.3) is 0 Å². The van der Waals surface area contributed by atoms with E-state index in [1.807, 2.05) is 0 Å². The minimum absolute atomic E-state index is 0.0590. The Morgan fingerprint density at radius 2 is 1.93 bits per heavy atom. The van der Waals surface area contributed by atoms with E-state index >= 15 is 0 Å². The van der Waals surface area contributed by atoms with Gasteiger partial charge >= 0.3 is 5.88 Å². The van der Waals surface area contributed by atoms with Crippen LogP contribution < -0.4 is 5.32 Å². The van der Waals surface area contributed by atoms with E-state index in [4.69, 9.17) is 4.42 Å². The maximum absolute atomic E-state index is 13.7. The maximum Gasteiger partial charge on any atom is 0.433 e. The zero-order valence-corrected chi connectivity index (χ0v) is 14.4. The fourth-order valence-electron chi connectivity index (χ4n) is 3.02. The average molecular weight is 375 g/mol. The molecule has 1 aliphatic rings. The summed E-state index contributed by atoms with van der Waals surface area (Å²) in [6.45, 7) is 1.31. The Morgan fingerprint density at radius 1 is 1.22 bits per heavy atom. The molecule has 2 heterocycles. The monoisotopic (exact) mass is 375 g/mol. The molecule has 2 aromatic rings. The van der Waals surface area contributed by atoms with Gasteiger partial charge in [0.15, 0.2) is 5.76 Å². The molecule has 0 aliphatic carbocycles. The van der Waals surface area contributed by atoms with Crippen molar-refractivity contribution in [3.05, 3.63) is 63.7 Å². The number of carbonyl (C=O) groups is 2. The Kier molecular flexibility index (Phi) is 5.49. The number of carbonyl (C=O) groups excluding carboxylic acids is 2. The summed E-state index contributed by atoms with van der Waals surface area (Å²) in [5.41, 5.74) is 0.0590. The van der Waals surface area contributed by atoms with Crippen LogP contribution in [0, 0.1) is 21.8 Å². The molecule has 1 fully saturated rings. The van der Waals surface area contributed by atoms with Crippen molar-refractivity contribution in [2.45, 2.75) is 12.8 Å². The number of halogens is 1. The van der Waals surface area contributed by atoms with Crippen molar-refractivity contribution in [3.63, 3.8) is 0 Å². The van der Waals surface area contributed by atoms with E-state index in [1.54, 1.807) is 11.0 Å². The Hall–Kier alpha value is -3.23. The molecule has 9 heteroatoms. The summed E-state index contributed by atoms with van der Waals surface area (Å²) in [7, 11) is 0. The van der Waals surface area contributed by atoms with Gasteiger partial charge in [0.25, 0.3) is 11.8 Å². The van der Waals surface area contributed by atoms with Crippen LogP contribution in [-0.2, 0) is 0 Å². The van der Waals surface area contributed by atoms with Crippen molar-refractivity contribution in [1.82, 2.24) is 10.2 Å². The van der Waals surface area contributed by atoms with E-state index < -0.39 is 22.5 Å². The number of furan rings is 1. The summed E-state index contributed by atoms with van der Waals surface area (Å²) < 4.78 is 18.6. The number of nitrogens with zero attached hydrogens (tertiary/aromatic N) is 2. The van der Waals surface area contributed by atoms with Crippen molar-refractivity contribution >= 4 is 17.7 Å². The van der Waals surface area contributed by atoms with Crippen LogP contribution in [0.15, 0.2) is 40.8 Å². The number of amides is 2. The van der Waals surface area contributed by atoms with E-state index in [1.165, 1.54) is 24.3 Å². The first-order valence-corrected chi connectivity index (χ1v) is 8.52. The summed E-state index contributed by atoms with van der Waals surface area (Å²) >= 11 is 0. The van der Waals surface area contributed by atoms with Gasteiger partial charge in [-0.15, -0.1) is 0 Å². The van der Waals surface area contributed by atoms with Crippen molar-refractivity contribution < 1.29 is 23.3 Å². The minimum atomic E-state index is -0.709. The molecule has 0 bridgehead atoms. The van der Waals surface area contributed by atoms with Crippen molar-refractivity contribution in [2.75, 3.05) is 19.6 Å². The lowest BCUT2D eigenvalue weighted by molar-refractivity contribution is -0.402. The Balaban J connectivity index is 1.48. The summed E-state index contributed by atoms with van der Waals surface area (Å²) in [6.07, 6.45) is 1.33. The van der Waals surface area contributed by atoms with E-state index in [0.717, 1.165) is 6.07 Å². The molecule has 3 rings (SSSR count). The normalized spacial score (nSPS) is 14.8. The van der Waals surface area contributed by atoms with Gasteiger partial charge in [0.2, 0.25) is 0 Å². The number of nitro groups is 1. The maximum atomic E-state index is 13.7. The van der Waals surface area contributed by atoms with Crippen molar-refractivity contribution in [1.29, 1.82) is 0 Å². The summed E-state index contributed by atoms with van der Waals surface area (Å²) in [5, 5.41) is 13.3. The fraction of sp³-hybridized carbons (Fsp3) is 0.333. The van der Waals surface area contributed by atoms with Gasteiger partial charge < -0.3 is 14.6 Å². The molecular formula is C18H18FN3O5. The third kappa shape index (κ3) is 4.30. The number of hydrogen-bond acceptors (Lipinski definition) is 5. The topological polar surface area (TPSA) is 106 Å². The van der Waals surface area contributed by atoms with Crippen LogP contribution in [0.4, 0.5) is 10.3 Å². The van der Waals surface area contributed by atoms with E-state index in [9.17, 15) is 24.1 Å². The molecule has 1 aromatic heterocycles. The van der Waals surface area contributed by atoms with Gasteiger partial charge in [-0.1, -0.05) is 12.1 Å². The van der Waals surface area contributed by atoms with Gasteiger partial charge in [0, 0.05) is 19.6 Å². The highest BCUT2D eigenvalue weighted by molar-refractivity contribution is 5.94. The molecule has 1 saturated heterocycles. The molecule has 2 amide bonds. The van der Waals surface area contributed by atoms with Crippen LogP contribution >= 0.6 is 0 Å². The molecule has 1 aliphatic heterocycles. The van der Waals surface area contributed by atoms with E-state index in [0.29, 0.717) is 32.5 Å². The van der Waals surface area contributed by atoms with Crippen LogP contribution in [0.3, 0.4) is 0 Å². The molecular weight excluding hydrogens is 357 g/mol. The summed E-state index contributed by atoms with van der Waals surface area (Å²) in [5.74, 6) is -1.84. The zero-order valence-electron chi connectivity index (χ0n) is 14.4. The molecule has 27 heavy (non-hydrogen) atoms. The lowest BCUT2D eigenvalue weighted by Gasteiger charge is -2.32. The van der Waals surface area contributed by atoms with Crippen LogP contribution in [-0.4, -0.2) is 41.3 Å². The lowest BCUT2D eigenvalue weighted by atomic mass is 9.96. The molecule has 0 radical (unpaired) electrons. The number of hydrogen-bond donors (Lipinski definition) is 1. The van der Waals surface area contributed by atoms with Gasteiger partial charge in [-0.05, 0) is 37.0 Å². The number of rotatable bonds is 5. The molecule has 0 atom stereocenters. The third-order valence-corrected chi connectivity index (χ3v) is 4.55. The fourth-order valence-corrected chi connectivity index (χ4v) is 3.02. The van der Waals surface area contributed by atoms with Crippen molar-refractivity contribution in [3.8, 4) is 0 Å². The second-order valence-corrected chi connectivity index (χ2v) is 6.32. The second kappa shape index (κ2) is 7.98. The first-order chi connectivity index (χ1) is 13.0. The van der Waals surface area contributed by atoms with Gasteiger partial charge in [-0.3, -0.25) is 19.7 Å². The zero-order chi connectivity index (χ0) is 19.4. The average Bonchev–Trinajstić information content (AvgIpc) is 3.17. The Morgan fingerprint density at radius 3 is 2.56 bits per heavy atom. The molecule has 0 saturated carbocycles. The first-order valence-electron chi connectivity index (χ1n) is 8.52. The van der Waals surface area contributed by atoms with Gasteiger partial charge in [0.1, 0.15) is 10.7 Å². The van der Waals surface area contributed by atoms with Crippen molar-refractivity contribution in [2.24, 2.45) is 5.92 Å². The number of nitrogens with one attached hydrogen (secondary N) is 1. The first kappa shape index (κ1) is 18.6. The second-order valence-electron chi connectivity index (χ2n) is 6.32. The highest BCUT2D eigenvalue weighted by Crippen LogP contribution is 2.20. The van der Waals surface area contributed by atoms with E-state index in [-0.39, 0.29) is 23.1 Å². The number of piperidine rings is 1. The van der Waals surface area contributed by atoms with E-state index in [2.05, 4.69) is 5.32 Å².